The number of carbonyl (C=O) groups excluding carboxylic acids is 1. The van der Waals surface area contributed by atoms with Crippen molar-refractivity contribution in [1.29, 1.82) is 0 Å². The van der Waals surface area contributed by atoms with Crippen LogP contribution in [0.3, 0.4) is 0 Å². The molecule has 0 saturated heterocycles. The zero-order chi connectivity index (χ0) is 14.1. The number of nitrogens with one attached hydrogen (secondary N) is 2. The SMILES string of the molecule is COCCNCC(=O)Nc1cccc(CN(C)C)c1. The lowest BCUT2D eigenvalue weighted by Crippen LogP contribution is -2.30. The first kappa shape index (κ1) is 15.6. The zero-order valence-corrected chi connectivity index (χ0v) is 11.9. The molecular weight excluding hydrogens is 242 g/mol. The van der Waals surface area contributed by atoms with Gasteiger partial charge in [-0.3, -0.25) is 4.79 Å². The number of carbonyl (C=O) groups is 1. The van der Waals surface area contributed by atoms with Crippen molar-refractivity contribution in [3.8, 4) is 0 Å². The van der Waals surface area contributed by atoms with E-state index in [2.05, 4.69) is 15.5 Å². The number of benzene rings is 1. The van der Waals surface area contributed by atoms with Gasteiger partial charge in [0.05, 0.1) is 13.2 Å². The molecular formula is C14H23N3O2. The third kappa shape index (κ3) is 6.91. The second-order valence-corrected chi connectivity index (χ2v) is 4.66. The molecule has 0 aliphatic carbocycles. The maximum absolute atomic E-state index is 11.7. The van der Waals surface area contributed by atoms with E-state index in [1.807, 2.05) is 38.4 Å². The van der Waals surface area contributed by atoms with Crippen molar-refractivity contribution < 1.29 is 9.53 Å². The third-order valence-corrected chi connectivity index (χ3v) is 2.48. The largest absolute Gasteiger partial charge is 0.383 e. The number of hydrogen-bond donors (Lipinski definition) is 2. The lowest BCUT2D eigenvalue weighted by molar-refractivity contribution is -0.115. The minimum atomic E-state index is -0.0434. The molecule has 0 radical (unpaired) electrons. The molecule has 0 fully saturated rings. The van der Waals surface area contributed by atoms with Gasteiger partial charge in [-0.2, -0.15) is 0 Å². The Bertz CT molecular complexity index is 394. The first-order valence-electron chi connectivity index (χ1n) is 6.35. The number of rotatable bonds is 8. The van der Waals surface area contributed by atoms with Gasteiger partial charge in [-0.05, 0) is 31.8 Å². The summed E-state index contributed by atoms with van der Waals surface area (Å²) < 4.78 is 4.90. The zero-order valence-electron chi connectivity index (χ0n) is 11.9. The molecule has 0 aliphatic rings. The fourth-order valence-electron chi connectivity index (χ4n) is 1.69. The molecule has 1 amide bonds. The van der Waals surface area contributed by atoms with Crippen LogP contribution in [-0.2, 0) is 16.1 Å². The molecule has 0 unspecified atom stereocenters. The van der Waals surface area contributed by atoms with E-state index in [0.717, 1.165) is 12.2 Å². The third-order valence-electron chi connectivity index (χ3n) is 2.48. The Morgan fingerprint density at radius 2 is 2.16 bits per heavy atom. The Hall–Kier alpha value is -1.43. The molecule has 0 aliphatic heterocycles. The number of methoxy groups -OCH3 is 1. The molecule has 0 atom stereocenters. The quantitative estimate of drug-likeness (QED) is 0.686. The van der Waals surface area contributed by atoms with Gasteiger partial charge in [-0.15, -0.1) is 0 Å². The number of anilines is 1. The molecule has 0 saturated carbocycles. The Labute approximate surface area is 114 Å². The summed E-state index contributed by atoms with van der Waals surface area (Å²) in [4.78, 5) is 13.8. The van der Waals surface area contributed by atoms with Crippen LogP contribution in [0.25, 0.3) is 0 Å². The predicted octanol–water partition coefficient (Wildman–Crippen LogP) is 0.923. The fourth-order valence-corrected chi connectivity index (χ4v) is 1.69. The Morgan fingerprint density at radius 1 is 1.37 bits per heavy atom. The van der Waals surface area contributed by atoms with Crippen molar-refractivity contribution in [3.63, 3.8) is 0 Å². The molecule has 1 aromatic rings. The molecule has 106 valence electrons. The Morgan fingerprint density at radius 3 is 2.84 bits per heavy atom. The van der Waals surface area contributed by atoms with Gasteiger partial charge >= 0.3 is 0 Å². The van der Waals surface area contributed by atoms with E-state index < -0.39 is 0 Å². The second kappa shape index (κ2) is 8.63. The van der Waals surface area contributed by atoms with Gasteiger partial charge in [-0.25, -0.2) is 0 Å². The summed E-state index contributed by atoms with van der Waals surface area (Å²) in [5, 5.41) is 5.88. The van der Waals surface area contributed by atoms with Crippen LogP contribution in [0, 0.1) is 0 Å². The second-order valence-electron chi connectivity index (χ2n) is 4.66. The van der Waals surface area contributed by atoms with E-state index in [-0.39, 0.29) is 5.91 Å². The lowest BCUT2D eigenvalue weighted by atomic mass is 10.2. The van der Waals surface area contributed by atoms with Crippen LogP contribution >= 0.6 is 0 Å². The topological polar surface area (TPSA) is 53.6 Å². The van der Waals surface area contributed by atoms with Crippen molar-refractivity contribution in [2.45, 2.75) is 6.54 Å². The van der Waals surface area contributed by atoms with E-state index in [1.54, 1.807) is 7.11 Å². The van der Waals surface area contributed by atoms with Crippen molar-refractivity contribution in [1.82, 2.24) is 10.2 Å². The number of nitrogens with zero attached hydrogens (tertiary/aromatic N) is 1. The molecule has 0 spiro atoms. The average molecular weight is 265 g/mol. The van der Waals surface area contributed by atoms with E-state index >= 15 is 0 Å². The first-order valence-corrected chi connectivity index (χ1v) is 6.35. The van der Waals surface area contributed by atoms with Crippen LogP contribution in [-0.4, -0.2) is 51.7 Å². The Kier molecular flexibility index (Phi) is 7.10. The molecule has 2 N–H and O–H groups in total. The van der Waals surface area contributed by atoms with E-state index in [1.165, 1.54) is 5.56 Å². The highest BCUT2D eigenvalue weighted by molar-refractivity contribution is 5.92. The van der Waals surface area contributed by atoms with Gasteiger partial charge in [0.25, 0.3) is 0 Å². The summed E-state index contributed by atoms with van der Waals surface area (Å²) >= 11 is 0. The molecule has 0 bridgehead atoms. The number of hydrogen-bond acceptors (Lipinski definition) is 4. The van der Waals surface area contributed by atoms with Gasteiger partial charge in [0.15, 0.2) is 0 Å². The maximum Gasteiger partial charge on any atom is 0.238 e. The van der Waals surface area contributed by atoms with Crippen molar-refractivity contribution in [2.75, 3.05) is 46.2 Å². The smallest absolute Gasteiger partial charge is 0.238 e. The van der Waals surface area contributed by atoms with Crippen LogP contribution in [0.4, 0.5) is 5.69 Å². The highest BCUT2D eigenvalue weighted by Gasteiger charge is 2.03. The van der Waals surface area contributed by atoms with Crippen LogP contribution in [0.2, 0.25) is 0 Å². The molecule has 0 heterocycles. The summed E-state index contributed by atoms with van der Waals surface area (Å²) in [6, 6.07) is 7.89. The predicted molar refractivity (Wildman–Crippen MR) is 77.2 cm³/mol. The standard InChI is InChI=1S/C14H23N3O2/c1-17(2)11-12-5-4-6-13(9-12)16-14(18)10-15-7-8-19-3/h4-6,9,15H,7-8,10-11H2,1-3H3,(H,16,18). The van der Waals surface area contributed by atoms with Crippen molar-refractivity contribution in [2.24, 2.45) is 0 Å². The van der Waals surface area contributed by atoms with Crippen LogP contribution < -0.4 is 10.6 Å². The normalized spacial score (nSPS) is 10.7. The molecule has 0 aromatic heterocycles. The molecule has 19 heavy (non-hydrogen) atoms. The van der Waals surface area contributed by atoms with Crippen LogP contribution in [0.5, 0.6) is 0 Å². The van der Waals surface area contributed by atoms with Gasteiger partial charge < -0.3 is 20.3 Å². The first-order chi connectivity index (χ1) is 9.11. The summed E-state index contributed by atoms with van der Waals surface area (Å²) in [6.45, 7) is 2.42. The molecule has 1 rings (SSSR count). The van der Waals surface area contributed by atoms with Crippen LogP contribution in [0.15, 0.2) is 24.3 Å². The minimum Gasteiger partial charge on any atom is -0.383 e. The summed E-state index contributed by atoms with van der Waals surface area (Å²) in [5.41, 5.74) is 2.01. The minimum absolute atomic E-state index is 0.0434. The highest BCUT2D eigenvalue weighted by Crippen LogP contribution is 2.11. The van der Waals surface area contributed by atoms with Gasteiger partial charge in [-0.1, -0.05) is 12.1 Å². The monoisotopic (exact) mass is 265 g/mol. The van der Waals surface area contributed by atoms with Crippen molar-refractivity contribution >= 4 is 11.6 Å². The summed E-state index contributed by atoms with van der Waals surface area (Å²) in [6.07, 6.45) is 0. The number of ether oxygens (including phenoxy) is 1. The highest BCUT2D eigenvalue weighted by atomic mass is 16.5. The number of amides is 1. The summed E-state index contributed by atoms with van der Waals surface area (Å²) in [5.74, 6) is -0.0434. The fraction of sp³-hybridized carbons (Fsp3) is 0.500. The van der Waals surface area contributed by atoms with Gasteiger partial charge in [0.2, 0.25) is 5.91 Å². The van der Waals surface area contributed by atoms with E-state index in [0.29, 0.717) is 19.7 Å². The maximum atomic E-state index is 11.7. The van der Waals surface area contributed by atoms with Crippen molar-refractivity contribution in [3.05, 3.63) is 29.8 Å². The molecule has 5 heteroatoms. The summed E-state index contributed by atoms with van der Waals surface area (Å²) in [7, 11) is 5.67. The van der Waals surface area contributed by atoms with E-state index in [4.69, 9.17) is 4.74 Å². The average Bonchev–Trinajstić information content (AvgIpc) is 2.34. The Balaban J connectivity index is 2.41. The molecule has 1 aromatic carbocycles. The lowest BCUT2D eigenvalue weighted by Gasteiger charge is -2.11. The van der Waals surface area contributed by atoms with Gasteiger partial charge in [0.1, 0.15) is 0 Å². The van der Waals surface area contributed by atoms with Gasteiger partial charge in [0, 0.05) is 25.9 Å². The van der Waals surface area contributed by atoms with E-state index in [9.17, 15) is 4.79 Å². The van der Waals surface area contributed by atoms with Crippen LogP contribution in [0.1, 0.15) is 5.56 Å². The molecule has 5 nitrogen and oxygen atoms in total.